The minimum absolute atomic E-state index is 0.275. The fourth-order valence-corrected chi connectivity index (χ4v) is 3.47. The van der Waals surface area contributed by atoms with E-state index < -0.39 is 10.0 Å². The largest absolute Gasteiger partial charge is 0.370 e. The van der Waals surface area contributed by atoms with E-state index >= 15 is 0 Å². The van der Waals surface area contributed by atoms with Gasteiger partial charge in [-0.25, -0.2) is 12.7 Å². The molecule has 0 unspecified atom stereocenters. The topological polar surface area (TPSA) is 93.4 Å². The van der Waals surface area contributed by atoms with Crippen LogP contribution >= 0.6 is 0 Å². The molecule has 0 aromatic carbocycles. The van der Waals surface area contributed by atoms with Crippen LogP contribution in [0, 0.1) is 0 Å². The lowest BCUT2D eigenvalue weighted by Crippen LogP contribution is -2.37. The molecule has 0 saturated carbocycles. The summed E-state index contributed by atoms with van der Waals surface area (Å²) in [6.07, 6.45) is 3.64. The van der Waals surface area contributed by atoms with Crippen LogP contribution in [0.15, 0.2) is 18.2 Å². The number of nitrogens with two attached hydrogens (primary N) is 1. The Morgan fingerprint density at radius 2 is 2.05 bits per heavy atom. The zero-order chi connectivity index (χ0) is 15.5. The minimum atomic E-state index is -3.10. The third-order valence-electron chi connectivity index (χ3n) is 3.80. The van der Waals surface area contributed by atoms with Crippen LogP contribution in [-0.4, -0.2) is 43.0 Å². The Morgan fingerprint density at radius 3 is 2.62 bits per heavy atom. The molecule has 1 aliphatic rings. The molecular formula is C14H21N3O3S. The Bertz CT molecular complexity index is 608. The molecule has 1 fully saturated rings. The molecular weight excluding hydrogens is 290 g/mol. The van der Waals surface area contributed by atoms with Crippen molar-refractivity contribution in [3.05, 3.63) is 29.6 Å². The molecule has 1 saturated heterocycles. The molecule has 0 atom stereocenters. The van der Waals surface area contributed by atoms with Crippen molar-refractivity contribution < 1.29 is 13.2 Å². The van der Waals surface area contributed by atoms with Crippen molar-refractivity contribution >= 4 is 15.9 Å². The lowest BCUT2D eigenvalue weighted by atomic mass is 9.94. The van der Waals surface area contributed by atoms with Gasteiger partial charge in [-0.15, -0.1) is 0 Å². The maximum absolute atomic E-state index is 11.5. The number of amides is 1. The Kier molecular flexibility index (Phi) is 4.95. The Morgan fingerprint density at radius 1 is 1.38 bits per heavy atom. The fourth-order valence-electron chi connectivity index (χ4n) is 2.60. The van der Waals surface area contributed by atoms with E-state index in [9.17, 15) is 13.2 Å². The van der Waals surface area contributed by atoms with E-state index in [2.05, 4.69) is 4.98 Å². The van der Waals surface area contributed by atoms with Gasteiger partial charge in [-0.2, -0.15) is 0 Å². The van der Waals surface area contributed by atoms with Gasteiger partial charge >= 0.3 is 0 Å². The molecule has 116 valence electrons. The first-order valence-electron chi connectivity index (χ1n) is 7.05. The van der Waals surface area contributed by atoms with Crippen LogP contribution in [-0.2, 0) is 21.2 Å². The number of sulfonamides is 1. The van der Waals surface area contributed by atoms with Crippen LogP contribution in [0.2, 0.25) is 0 Å². The van der Waals surface area contributed by atoms with E-state index in [1.54, 1.807) is 0 Å². The molecule has 6 nitrogen and oxygen atoms in total. The highest BCUT2D eigenvalue weighted by Crippen LogP contribution is 2.27. The van der Waals surface area contributed by atoms with E-state index in [-0.39, 0.29) is 11.8 Å². The maximum atomic E-state index is 11.5. The summed E-state index contributed by atoms with van der Waals surface area (Å²) >= 11 is 0. The van der Waals surface area contributed by atoms with Crippen LogP contribution in [0.25, 0.3) is 0 Å². The zero-order valence-electron chi connectivity index (χ0n) is 12.2. The van der Waals surface area contributed by atoms with Crippen molar-refractivity contribution in [3.8, 4) is 0 Å². The lowest BCUT2D eigenvalue weighted by Gasteiger charge is -2.30. The van der Waals surface area contributed by atoms with Gasteiger partial charge in [0.15, 0.2) is 0 Å². The van der Waals surface area contributed by atoms with Gasteiger partial charge in [-0.3, -0.25) is 9.78 Å². The molecule has 2 rings (SSSR count). The number of piperidine rings is 1. The van der Waals surface area contributed by atoms with Crippen molar-refractivity contribution in [1.82, 2.24) is 9.29 Å². The Balaban J connectivity index is 2.00. The normalized spacial score (nSPS) is 17.8. The van der Waals surface area contributed by atoms with Gasteiger partial charge in [0.2, 0.25) is 15.9 Å². The summed E-state index contributed by atoms with van der Waals surface area (Å²) in [6, 6.07) is 5.79. The van der Waals surface area contributed by atoms with Crippen molar-refractivity contribution in [3.63, 3.8) is 0 Å². The maximum Gasteiger partial charge on any atom is 0.217 e. The quantitative estimate of drug-likeness (QED) is 0.863. The SMILES string of the molecule is CS(=O)(=O)N1CCC(c2cccc(CCC(N)=O)n2)CC1. The lowest BCUT2D eigenvalue weighted by molar-refractivity contribution is -0.118. The number of carbonyl (C=O) groups is 1. The molecule has 2 heterocycles. The van der Waals surface area contributed by atoms with Gasteiger partial charge < -0.3 is 5.73 Å². The molecule has 1 aromatic rings. The van der Waals surface area contributed by atoms with Crippen LogP contribution in [0.1, 0.15) is 36.6 Å². The summed E-state index contributed by atoms with van der Waals surface area (Å²) < 4.78 is 24.5. The third kappa shape index (κ3) is 4.50. The van der Waals surface area contributed by atoms with E-state index in [0.717, 1.165) is 24.2 Å². The summed E-state index contributed by atoms with van der Waals surface area (Å²) in [4.78, 5) is 15.4. The molecule has 1 aromatic heterocycles. The van der Waals surface area contributed by atoms with Crippen molar-refractivity contribution in [2.75, 3.05) is 19.3 Å². The van der Waals surface area contributed by atoms with Crippen LogP contribution in [0.3, 0.4) is 0 Å². The minimum Gasteiger partial charge on any atom is -0.370 e. The number of hydrogen-bond donors (Lipinski definition) is 1. The van der Waals surface area contributed by atoms with Gasteiger partial charge in [0, 0.05) is 36.8 Å². The summed E-state index contributed by atoms with van der Waals surface area (Å²) in [5.41, 5.74) is 6.98. The van der Waals surface area contributed by atoms with E-state index in [1.807, 2.05) is 18.2 Å². The summed E-state index contributed by atoms with van der Waals surface area (Å²) in [7, 11) is -3.10. The van der Waals surface area contributed by atoms with E-state index in [0.29, 0.717) is 25.9 Å². The Hall–Kier alpha value is -1.47. The van der Waals surface area contributed by atoms with Crippen LogP contribution in [0.4, 0.5) is 0 Å². The summed E-state index contributed by atoms with van der Waals surface area (Å²) in [5.74, 6) is -0.0554. The first kappa shape index (κ1) is 15.9. The second-order valence-corrected chi connectivity index (χ2v) is 7.44. The average Bonchev–Trinajstić information content (AvgIpc) is 2.45. The highest BCUT2D eigenvalue weighted by atomic mass is 32.2. The van der Waals surface area contributed by atoms with Crippen LogP contribution < -0.4 is 5.73 Å². The molecule has 0 aliphatic carbocycles. The highest BCUT2D eigenvalue weighted by Gasteiger charge is 2.26. The van der Waals surface area contributed by atoms with Gasteiger partial charge in [-0.1, -0.05) is 6.07 Å². The predicted octanol–water partition coefficient (Wildman–Crippen LogP) is 0.639. The monoisotopic (exact) mass is 311 g/mol. The number of rotatable bonds is 5. The molecule has 21 heavy (non-hydrogen) atoms. The second kappa shape index (κ2) is 6.53. The first-order chi connectivity index (χ1) is 9.86. The number of nitrogens with zero attached hydrogens (tertiary/aromatic N) is 2. The van der Waals surface area contributed by atoms with E-state index in [4.69, 9.17) is 5.73 Å². The predicted molar refractivity (Wildman–Crippen MR) is 80.1 cm³/mol. The summed E-state index contributed by atoms with van der Waals surface area (Å²) in [5, 5.41) is 0. The number of aryl methyl sites for hydroxylation is 1. The average molecular weight is 311 g/mol. The van der Waals surface area contributed by atoms with Gasteiger partial charge in [0.25, 0.3) is 0 Å². The van der Waals surface area contributed by atoms with Gasteiger partial charge in [0.1, 0.15) is 0 Å². The second-order valence-electron chi connectivity index (χ2n) is 5.46. The molecule has 1 amide bonds. The van der Waals surface area contributed by atoms with Gasteiger partial charge in [0.05, 0.1) is 6.26 Å². The molecule has 1 aliphatic heterocycles. The van der Waals surface area contributed by atoms with E-state index in [1.165, 1.54) is 10.6 Å². The van der Waals surface area contributed by atoms with Crippen LogP contribution in [0.5, 0.6) is 0 Å². The molecule has 0 bridgehead atoms. The smallest absolute Gasteiger partial charge is 0.217 e. The number of pyridine rings is 1. The molecule has 0 spiro atoms. The molecule has 0 radical (unpaired) electrons. The fraction of sp³-hybridized carbons (Fsp3) is 0.571. The standard InChI is InChI=1S/C14H21N3O3S/c1-21(19,20)17-9-7-11(8-10-17)13-4-2-3-12(16-13)5-6-14(15)18/h2-4,11H,5-10H2,1H3,(H2,15,18). The number of carbonyl (C=O) groups excluding carboxylic acids is 1. The van der Waals surface area contributed by atoms with Crippen molar-refractivity contribution in [2.24, 2.45) is 5.73 Å². The third-order valence-corrected chi connectivity index (χ3v) is 5.10. The number of aromatic nitrogens is 1. The summed E-state index contributed by atoms with van der Waals surface area (Å²) in [6.45, 7) is 1.08. The number of primary amides is 1. The van der Waals surface area contributed by atoms with Gasteiger partial charge in [-0.05, 0) is 31.4 Å². The molecule has 7 heteroatoms. The van der Waals surface area contributed by atoms with Crippen molar-refractivity contribution in [1.29, 1.82) is 0 Å². The van der Waals surface area contributed by atoms with Crippen molar-refractivity contribution in [2.45, 2.75) is 31.6 Å². The first-order valence-corrected chi connectivity index (χ1v) is 8.90. The zero-order valence-corrected chi connectivity index (χ0v) is 13.0. The molecule has 2 N–H and O–H groups in total. The number of hydrogen-bond acceptors (Lipinski definition) is 4. The highest BCUT2D eigenvalue weighted by molar-refractivity contribution is 7.88. The Labute approximate surface area is 125 Å².